The minimum absolute atomic E-state index is 0.0148. The normalized spacial score (nSPS) is 14.9. The number of aromatic nitrogens is 1. The van der Waals surface area contributed by atoms with Gasteiger partial charge in [-0.05, 0) is 30.8 Å². The Morgan fingerprint density at radius 1 is 1.17 bits per heavy atom. The van der Waals surface area contributed by atoms with Crippen molar-refractivity contribution >= 4 is 44.0 Å². The molecule has 0 saturated carbocycles. The maximum absolute atomic E-state index is 12.3. The molecule has 0 unspecified atom stereocenters. The number of nitro benzene ring substituents is 1. The molecule has 29 heavy (non-hydrogen) atoms. The molecule has 1 saturated heterocycles. The number of anilines is 2. The van der Waals surface area contributed by atoms with Crippen LogP contribution in [0, 0.1) is 10.1 Å². The minimum Gasteiger partial charge on any atom is -0.345 e. The summed E-state index contributed by atoms with van der Waals surface area (Å²) in [5, 5.41) is 14.6. The third kappa shape index (κ3) is 4.52. The lowest BCUT2D eigenvalue weighted by molar-refractivity contribution is -0.384. The fourth-order valence-electron chi connectivity index (χ4n) is 3.25. The van der Waals surface area contributed by atoms with Gasteiger partial charge >= 0.3 is 0 Å². The molecule has 1 amide bonds. The second-order valence-electron chi connectivity index (χ2n) is 7.12. The smallest absolute Gasteiger partial charge is 0.269 e. The third-order valence-corrected chi connectivity index (χ3v) is 6.03. The van der Waals surface area contributed by atoms with Crippen molar-refractivity contribution in [1.82, 2.24) is 9.88 Å². The highest BCUT2D eigenvalue weighted by Crippen LogP contribution is 2.31. The monoisotopic (exact) mass is 411 g/mol. The van der Waals surface area contributed by atoms with Crippen molar-refractivity contribution in [3.8, 4) is 0 Å². The first kappa shape index (κ1) is 19.3. The number of benzene rings is 2. The average Bonchev–Trinajstić information content (AvgIpc) is 3.12. The molecule has 2 aromatic carbocycles. The van der Waals surface area contributed by atoms with E-state index in [0.29, 0.717) is 0 Å². The molecule has 0 radical (unpaired) electrons. The maximum atomic E-state index is 12.3. The summed E-state index contributed by atoms with van der Waals surface area (Å²) in [7, 11) is 2.13. The molecule has 4 rings (SSSR count). The number of non-ortho nitro benzene ring substituents is 1. The molecule has 150 valence electrons. The lowest BCUT2D eigenvalue weighted by Crippen LogP contribution is -2.44. The van der Waals surface area contributed by atoms with Crippen LogP contribution < -0.4 is 10.2 Å². The largest absolute Gasteiger partial charge is 0.345 e. The van der Waals surface area contributed by atoms with E-state index >= 15 is 0 Å². The van der Waals surface area contributed by atoms with Crippen LogP contribution in [0.2, 0.25) is 0 Å². The van der Waals surface area contributed by atoms with Crippen molar-refractivity contribution in [3.63, 3.8) is 0 Å². The Morgan fingerprint density at radius 3 is 2.59 bits per heavy atom. The summed E-state index contributed by atoms with van der Waals surface area (Å²) >= 11 is 1.64. The van der Waals surface area contributed by atoms with Gasteiger partial charge in [0.1, 0.15) is 0 Å². The van der Waals surface area contributed by atoms with Gasteiger partial charge in [0.2, 0.25) is 5.91 Å². The van der Waals surface area contributed by atoms with Gasteiger partial charge in [0.25, 0.3) is 5.69 Å². The molecular formula is C20H21N5O3S. The molecule has 1 aromatic heterocycles. The molecule has 1 aliphatic heterocycles. The van der Waals surface area contributed by atoms with E-state index in [1.54, 1.807) is 23.5 Å². The van der Waals surface area contributed by atoms with Crippen LogP contribution in [0.1, 0.15) is 5.56 Å². The standard InChI is InChI=1S/C20H21N5O3S/c1-23-8-10-24(11-9-23)20-22-17-7-4-15(13-18(17)29-20)21-19(26)12-14-2-5-16(6-3-14)25(27)28/h2-7,13H,8-12H2,1H3,(H,21,26). The summed E-state index contributed by atoms with van der Waals surface area (Å²) in [5.41, 5.74) is 2.39. The first-order chi connectivity index (χ1) is 14.0. The number of hydrogen-bond acceptors (Lipinski definition) is 7. The molecule has 2 heterocycles. The summed E-state index contributed by atoms with van der Waals surface area (Å²) in [6.07, 6.45) is 0.158. The number of likely N-dealkylation sites (N-methyl/N-ethyl adjacent to an activating group) is 1. The summed E-state index contributed by atoms with van der Waals surface area (Å²) in [6.45, 7) is 3.99. The number of piperazine rings is 1. The van der Waals surface area contributed by atoms with E-state index in [9.17, 15) is 14.9 Å². The van der Waals surface area contributed by atoms with E-state index < -0.39 is 4.92 Å². The van der Waals surface area contributed by atoms with E-state index in [1.165, 1.54) is 12.1 Å². The fourth-order valence-corrected chi connectivity index (χ4v) is 4.31. The van der Waals surface area contributed by atoms with Gasteiger partial charge in [0.15, 0.2) is 5.13 Å². The van der Waals surface area contributed by atoms with Crippen molar-refractivity contribution in [3.05, 3.63) is 58.1 Å². The van der Waals surface area contributed by atoms with Crippen LogP contribution in [0.4, 0.5) is 16.5 Å². The molecule has 0 bridgehead atoms. The van der Waals surface area contributed by atoms with Crippen molar-refractivity contribution in [2.24, 2.45) is 0 Å². The maximum Gasteiger partial charge on any atom is 0.269 e. The molecule has 3 aromatic rings. The van der Waals surface area contributed by atoms with Crippen LogP contribution in [-0.2, 0) is 11.2 Å². The van der Waals surface area contributed by atoms with Gasteiger partial charge in [0, 0.05) is 44.0 Å². The molecule has 1 fully saturated rings. The van der Waals surface area contributed by atoms with Gasteiger partial charge in [0.05, 0.1) is 21.6 Å². The third-order valence-electron chi connectivity index (χ3n) is 4.95. The summed E-state index contributed by atoms with van der Waals surface area (Å²) < 4.78 is 1.03. The number of carbonyl (C=O) groups is 1. The zero-order valence-corrected chi connectivity index (χ0v) is 16.8. The molecule has 0 spiro atoms. The van der Waals surface area contributed by atoms with E-state index in [-0.39, 0.29) is 18.0 Å². The predicted octanol–water partition coefficient (Wildman–Crippen LogP) is 3.14. The quantitative estimate of drug-likeness (QED) is 0.512. The first-order valence-electron chi connectivity index (χ1n) is 9.35. The number of nitrogens with zero attached hydrogens (tertiary/aromatic N) is 4. The van der Waals surface area contributed by atoms with Crippen LogP contribution in [0.15, 0.2) is 42.5 Å². The summed E-state index contributed by atoms with van der Waals surface area (Å²) in [5.74, 6) is -0.165. The second-order valence-corrected chi connectivity index (χ2v) is 8.13. The number of nitrogens with one attached hydrogen (secondary N) is 1. The Labute approximate surface area is 171 Å². The molecule has 0 aliphatic carbocycles. The lowest BCUT2D eigenvalue weighted by Gasteiger charge is -2.31. The number of thiazole rings is 1. The Balaban J connectivity index is 1.42. The molecule has 9 heteroatoms. The number of hydrogen-bond donors (Lipinski definition) is 1. The molecule has 1 aliphatic rings. The van der Waals surface area contributed by atoms with Crippen LogP contribution in [0.25, 0.3) is 10.2 Å². The van der Waals surface area contributed by atoms with Crippen LogP contribution in [0.3, 0.4) is 0 Å². The fraction of sp³-hybridized carbons (Fsp3) is 0.300. The van der Waals surface area contributed by atoms with Crippen molar-refractivity contribution < 1.29 is 9.72 Å². The zero-order chi connectivity index (χ0) is 20.4. The molecule has 1 N–H and O–H groups in total. The minimum atomic E-state index is -0.454. The van der Waals surface area contributed by atoms with Crippen molar-refractivity contribution in [2.75, 3.05) is 43.4 Å². The predicted molar refractivity (Wildman–Crippen MR) is 115 cm³/mol. The zero-order valence-electron chi connectivity index (χ0n) is 16.0. The SMILES string of the molecule is CN1CCN(c2nc3ccc(NC(=O)Cc4ccc([N+](=O)[O-])cc4)cc3s2)CC1. The van der Waals surface area contributed by atoms with Crippen LogP contribution in [0.5, 0.6) is 0 Å². The van der Waals surface area contributed by atoms with Crippen molar-refractivity contribution in [1.29, 1.82) is 0 Å². The Bertz CT molecular complexity index is 1040. The van der Waals surface area contributed by atoms with Gasteiger partial charge in [-0.25, -0.2) is 4.98 Å². The molecular weight excluding hydrogens is 390 g/mol. The lowest BCUT2D eigenvalue weighted by atomic mass is 10.1. The van der Waals surface area contributed by atoms with Crippen LogP contribution in [-0.4, -0.2) is 53.9 Å². The van der Waals surface area contributed by atoms with Gasteiger partial charge in [-0.3, -0.25) is 14.9 Å². The number of rotatable bonds is 5. The average molecular weight is 411 g/mol. The Kier molecular flexibility index (Phi) is 5.41. The van der Waals surface area contributed by atoms with Crippen LogP contribution >= 0.6 is 11.3 Å². The van der Waals surface area contributed by atoms with E-state index in [4.69, 9.17) is 4.98 Å². The number of nitro groups is 1. The van der Waals surface area contributed by atoms with Gasteiger partial charge in [-0.1, -0.05) is 23.5 Å². The van der Waals surface area contributed by atoms with Crippen molar-refractivity contribution in [2.45, 2.75) is 6.42 Å². The highest BCUT2D eigenvalue weighted by molar-refractivity contribution is 7.22. The number of carbonyl (C=O) groups excluding carboxylic acids is 1. The van der Waals surface area contributed by atoms with E-state index in [0.717, 1.165) is 52.8 Å². The highest BCUT2D eigenvalue weighted by Gasteiger charge is 2.18. The Hall–Kier alpha value is -3.04. The summed E-state index contributed by atoms with van der Waals surface area (Å²) in [4.78, 5) is 32.0. The highest BCUT2D eigenvalue weighted by atomic mass is 32.1. The number of fused-ring (bicyclic) bond motifs is 1. The number of amides is 1. The van der Waals surface area contributed by atoms with E-state index in [1.807, 2.05) is 18.2 Å². The molecule has 8 nitrogen and oxygen atoms in total. The molecule has 0 atom stereocenters. The van der Waals surface area contributed by atoms with Gasteiger partial charge < -0.3 is 15.1 Å². The topological polar surface area (TPSA) is 91.6 Å². The van der Waals surface area contributed by atoms with E-state index in [2.05, 4.69) is 22.2 Å². The van der Waals surface area contributed by atoms with Gasteiger partial charge in [-0.2, -0.15) is 0 Å². The van der Waals surface area contributed by atoms with Gasteiger partial charge in [-0.15, -0.1) is 0 Å². The first-order valence-corrected chi connectivity index (χ1v) is 10.2. The second kappa shape index (κ2) is 8.14. The summed E-state index contributed by atoms with van der Waals surface area (Å²) in [6, 6.07) is 11.7. The Morgan fingerprint density at radius 2 is 1.90 bits per heavy atom.